The number of rotatable bonds is 5. The van der Waals surface area contributed by atoms with Crippen LogP contribution in [-0.2, 0) is 4.79 Å². The molecule has 0 atom stereocenters. The standard InChI is InChI=1S/C16H15N3O3/c1-18(14-7-3-2-4-8-14)17-16(20)11-10-13-6-5-9-15(12-13)19(21)22/h2-12H,1H3,(H,17,20)/b11-10+. The molecule has 0 unspecified atom stereocenters. The van der Waals surface area contributed by atoms with Gasteiger partial charge in [-0.25, -0.2) is 0 Å². The summed E-state index contributed by atoms with van der Waals surface area (Å²) in [7, 11) is 1.73. The molecule has 2 aromatic rings. The largest absolute Gasteiger partial charge is 0.288 e. The lowest BCUT2D eigenvalue weighted by Gasteiger charge is -2.18. The maximum absolute atomic E-state index is 11.8. The van der Waals surface area contributed by atoms with Crippen LogP contribution in [0.5, 0.6) is 0 Å². The smallest absolute Gasteiger partial charge is 0.270 e. The van der Waals surface area contributed by atoms with Crippen molar-refractivity contribution in [2.75, 3.05) is 12.1 Å². The quantitative estimate of drug-likeness (QED) is 0.523. The second-order valence-corrected chi connectivity index (χ2v) is 4.56. The number of carbonyl (C=O) groups is 1. The summed E-state index contributed by atoms with van der Waals surface area (Å²) in [5, 5.41) is 12.3. The third-order valence-corrected chi connectivity index (χ3v) is 2.93. The van der Waals surface area contributed by atoms with Gasteiger partial charge in [0.25, 0.3) is 11.6 Å². The zero-order valence-corrected chi connectivity index (χ0v) is 12.0. The molecule has 0 saturated heterocycles. The lowest BCUT2D eigenvalue weighted by molar-refractivity contribution is -0.384. The molecule has 0 saturated carbocycles. The van der Waals surface area contributed by atoms with Crippen LogP contribution in [0.4, 0.5) is 11.4 Å². The molecular weight excluding hydrogens is 282 g/mol. The first-order valence-corrected chi connectivity index (χ1v) is 6.58. The third kappa shape index (κ3) is 4.17. The molecule has 6 heteroatoms. The molecule has 6 nitrogen and oxygen atoms in total. The van der Waals surface area contributed by atoms with E-state index < -0.39 is 4.92 Å². The maximum atomic E-state index is 11.8. The zero-order valence-electron chi connectivity index (χ0n) is 12.0. The predicted molar refractivity (Wildman–Crippen MR) is 85.1 cm³/mol. The van der Waals surface area contributed by atoms with Crippen molar-refractivity contribution >= 4 is 23.4 Å². The lowest BCUT2D eigenvalue weighted by atomic mass is 10.2. The average molecular weight is 297 g/mol. The van der Waals surface area contributed by atoms with Gasteiger partial charge >= 0.3 is 0 Å². The van der Waals surface area contributed by atoms with Crippen LogP contribution in [0.1, 0.15) is 5.56 Å². The summed E-state index contributed by atoms with van der Waals surface area (Å²) in [4.78, 5) is 22.1. The highest BCUT2D eigenvalue weighted by molar-refractivity contribution is 5.92. The molecule has 0 heterocycles. The minimum absolute atomic E-state index is 0.0102. The molecule has 112 valence electrons. The fraction of sp³-hybridized carbons (Fsp3) is 0.0625. The number of carbonyl (C=O) groups excluding carboxylic acids is 1. The van der Waals surface area contributed by atoms with Gasteiger partial charge in [0.2, 0.25) is 0 Å². The van der Waals surface area contributed by atoms with Gasteiger partial charge in [-0.1, -0.05) is 30.3 Å². The number of amides is 1. The Bertz CT molecular complexity index is 699. The molecule has 2 rings (SSSR count). The van der Waals surface area contributed by atoms with Crippen molar-refractivity contribution in [2.24, 2.45) is 0 Å². The summed E-state index contributed by atoms with van der Waals surface area (Å²) >= 11 is 0. The molecule has 0 aromatic heterocycles. The molecule has 1 N–H and O–H groups in total. The third-order valence-electron chi connectivity index (χ3n) is 2.93. The van der Waals surface area contributed by atoms with Crippen molar-refractivity contribution in [1.29, 1.82) is 0 Å². The number of benzene rings is 2. The van der Waals surface area contributed by atoms with Crippen molar-refractivity contribution in [3.8, 4) is 0 Å². The minimum Gasteiger partial charge on any atom is -0.288 e. The van der Waals surface area contributed by atoms with Gasteiger partial charge < -0.3 is 0 Å². The number of non-ortho nitro benzene ring substituents is 1. The van der Waals surface area contributed by atoms with Crippen LogP contribution in [0.2, 0.25) is 0 Å². The summed E-state index contributed by atoms with van der Waals surface area (Å²) in [6.07, 6.45) is 2.86. The van der Waals surface area contributed by atoms with Crippen molar-refractivity contribution in [2.45, 2.75) is 0 Å². The number of hydrogen-bond acceptors (Lipinski definition) is 4. The molecule has 0 aliphatic rings. The molecule has 2 aromatic carbocycles. The van der Waals surface area contributed by atoms with E-state index in [4.69, 9.17) is 0 Å². The fourth-order valence-electron chi connectivity index (χ4n) is 1.83. The van der Waals surface area contributed by atoms with E-state index in [0.717, 1.165) is 5.69 Å². The number of hydrazine groups is 1. The number of anilines is 1. The van der Waals surface area contributed by atoms with Crippen LogP contribution in [0.25, 0.3) is 6.08 Å². The first kappa shape index (κ1) is 15.2. The highest BCUT2D eigenvalue weighted by Crippen LogP contribution is 2.14. The van der Waals surface area contributed by atoms with Crippen LogP contribution >= 0.6 is 0 Å². The first-order chi connectivity index (χ1) is 10.6. The molecule has 0 radical (unpaired) electrons. The van der Waals surface area contributed by atoms with Crippen molar-refractivity contribution in [1.82, 2.24) is 5.43 Å². The number of hydrogen-bond donors (Lipinski definition) is 1. The van der Waals surface area contributed by atoms with Crippen LogP contribution in [0.15, 0.2) is 60.7 Å². The summed E-state index contributed by atoms with van der Waals surface area (Å²) in [6, 6.07) is 15.4. The first-order valence-electron chi connectivity index (χ1n) is 6.58. The van der Waals surface area contributed by atoms with E-state index >= 15 is 0 Å². The van der Waals surface area contributed by atoms with Gasteiger partial charge in [-0.2, -0.15) is 0 Å². The van der Waals surface area contributed by atoms with Crippen molar-refractivity contribution < 1.29 is 9.72 Å². The number of nitro groups is 1. The van der Waals surface area contributed by atoms with E-state index in [9.17, 15) is 14.9 Å². The molecule has 0 bridgehead atoms. The van der Waals surface area contributed by atoms with Crippen LogP contribution in [0.3, 0.4) is 0 Å². The van der Waals surface area contributed by atoms with Gasteiger partial charge in [0.15, 0.2) is 0 Å². The van der Waals surface area contributed by atoms with E-state index in [1.165, 1.54) is 24.3 Å². The van der Waals surface area contributed by atoms with Crippen LogP contribution < -0.4 is 10.4 Å². The van der Waals surface area contributed by atoms with E-state index in [0.29, 0.717) is 5.56 Å². The van der Waals surface area contributed by atoms with Crippen LogP contribution in [-0.4, -0.2) is 17.9 Å². The summed E-state index contributed by atoms with van der Waals surface area (Å²) < 4.78 is 0. The maximum Gasteiger partial charge on any atom is 0.270 e. The monoisotopic (exact) mass is 297 g/mol. The van der Waals surface area contributed by atoms with Gasteiger partial charge in [0.05, 0.1) is 10.6 Å². The van der Waals surface area contributed by atoms with Crippen molar-refractivity contribution in [3.05, 3.63) is 76.4 Å². The molecule has 0 spiro atoms. The summed E-state index contributed by atoms with van der Waals surface area (Å²) in [5.41, 5.74) is 4.10. The highest BCUT2D eigenvalue weighted by atomic mass is 16.6. The van der Waals surface area contributed by atoms with Crippen LogP contribution in [0, 0.1) is 10.1 Å². The number of nitrogens with one attached hydrogen (secondary N) is 1. The van der Waals surface area contributed by atoms with Gasteiger partial charge in [-0.05, 0) is 23.8 Å². The SMILES string of the molecule is CN(NC(=O)/C=C/c1cccc([N+](=O)[O-])c1)c1ccccc1. The Hall–Kier alpha value is -3.15. The zero-order chi connectivity index (χ0) is 15.9. The van der Waals surface area contributed by atoms with Gasteiger partial charge in [-0.3, -0.25) is 25.3 Å². The summed E-state index contributed by atoms with van der Waals surface area (Å²) in [6.45, 7) is 0. The van der Waals surface area contributed by atoms with Gasteiger partial charge in [0.1, 0.15) is 0 Å². The second-order valence-electron chi connectivity index (χ2n) is 4.56. The summed E-state index contributed by atoms with van der Waals surface area (Å²) in [5.74, 6) is -0.321. The fourth-order valence-corrected chi connectivity index (χ4v) is 1.83. The molecule has 0 fully saturated rings. The Morgan fingerprint density at radius 2 is 1.91 bits per heavy atom. The van der Waals surface area contributed by atoms with E-state index in [-0.39, 0.29) is 11.6 Å². The highest BCUT2D eigenvalue weighted by Gasteiger charge is 2.05. The normalized spacial score (nSPS) is 10.4. The predicted octanol–water partition coefficient (Wildman–Crippen LogP) is 2.78. The van der Waals surface area contributed by atoms with E-state index in [2.05, 4.69) is 5.43 Å². The average Bonchev–Trinajstić information content (AvgIpc) is 2.54. The van der Waals surface area contributed by atoms with Gasteiger partial charge in [0, 0.05) is 25.3 Å². The molecule has 1 amide bonds. The molecule has 0 aliphatic carbocycles. The number of nitro benzene ring substituents is 1. The minimum atomic E-state index is -0.472. The van der Waals surface area contributed by atoms with Crippen molar-refractivity contribution in [3.63, 3.8) is 0 Å². The number of nitrogens with zero attached hydrogens (tertiary/aromatic N) is 2. The second kappa shape index (κ2) is 7.03. The Labute approximate surface area is 127 Å². The van der Waals surface area contributed by atoms with E-state index in [1.54, 1.807) is 24.2 Å². The topological polar surface area (TPSA) is 75.5 Å². The Morgan fingerprint density at radius 1 is 1.18 bits per heavy atom. The Morgan fingerprint density at radius 3 is 2.59 bits per heavy atom. The Balaban J connectivity index is 2.00. The molecule has 0 aliphatic heterocycles. The van der Waals surface area contributed by atoms with E-state index in [1.807, 2.05) is 30.3 Å². The lowest BCUT2D eigenvalue weighted by Crippen LogP contribution is -2.38. The molecule has 22 heavy (non-hydrogen) atoms. The number of para-hydroxylation sites is 1. The Kier molecular flexibility index (Phi) is 4.87. The van der Waals surface area contributed by atoms with Gasteiger partial charge in [-0.15, -0.1) is 0 Å². The molecular formula is C16H15N3O3.